The normalized spacial score (nSPS) is 14.9. The van der Waals surface area contributed by atoms with Crippen LogP contribution in [0.1, 0.15) is 46.1 Å². The molecule has 0 saturated carbocycles. The van der Waals surface area contributed by atoms with Crippen LogP contribution in [0.5, 0.6) is 0 Å². The summed E-state index contributed by atoms with van der Waals surface area (Å²) in [7, 11) is 0. The van der Waals surface area contributed by atoms with E-state index in [-0.39, 0.29) is 6.42 Å². The van der Waals surface area contributed by atoms with E-state index in [1.807, 2.05) is 5.32 Å². The minimum Gasteiger partial charge on any atom is -0.481 e. The second-order valence-electron chi connectivity index (χ2n) is 13.9. The van der Waals surface area contributed by atoms with Gasteiger partial charge in [0.1, 0.15) is 30.2 Å². The molecular weight excluding hydrogens is 798 g/mol. The van der Waals surface area contributed by atoms with Crippen LogP contribution in [0.2, 0.25) is 0 Å². The predicted octanol–water partition coefficient (Wildman–Crippen LogP) is -6.31. The molecule has 1 rings (SSSR count). The lowest BCUT2D eigenvalue weighted by atomic mass is 10.0. The Bertz CT molecular complexity index is 1680. The van der Waals surface area contributed by atoms with Crippen LogP contribution >= 0.6 is 0 Å². The van der Waals surface area contributed by atoms with Crippen molar-refractivity contribution < 1.29 is 73.5 Å². The van der Waals surface area contributed by atoms with E-state index < -0.39 is 153 Å². The van der Waals surface area contributed by atoms with Gasteiger partial charge in [-0.2, -0.15) is 0 Å². The van der Waals surface area contributed by atoms with Gasteiger partial charge in [-0.05, 0) is 38.2 Å². The van der Waals surface area contributed by atoms with Crippen molar-refractivity contribution in [2.45, 2.75) is 95.4 Å². The molecule has 0 spiro atoms. The zero-order valence-electron chi connectivity index (χ0n) is 33.4. The van der Waals surface area contributed by atoms with Crippen molar-refractivity contribution in [2.75, 3.05) is 26.2 Å². The van der Waals surface area contributed by atoms with Gasteiger partial charge in [0.05, 0.1) is 44.5 Å². The number of nitrogens with one attached hydrogen (secondary N) is 8. The van der Waals surface area contributed by atoms with E-state index in [0.717, 1.165) is 12.5 Å². The molecule has 0 bridgehead atoms. The van der Waals surface area contributed by atoms with Crippen LogP contribution in [0, 0.1) is 5.92 Å². The van der Waals surface area contributed by atoms with Gasteiger partial charge in [-0.15, -0.1) is 0 Å². The van der Waals surface area contributed by atoms with Gasteiger partial charge in [0.15, 0.2) is 0 Å². The number of carboxylic acid groups (broad SMARTS) is 2. The van der Waals surface area contributed by atoms with E-state index >= 15 is 0 Å². The lowest BCUT2D eigenvalue weighted by Crippen LogP contribution is -2.63. The molecule has 0 aliphatic heterocycles. The fourth-order valence-electron chi connectivity index (χ4n) is 5.05. The maximum absolute atomic E-state index is 13.5. The lowest BCUT2D eigenvalue weighted by molar-refractivity contribution is -0.143. The minimum atomic E-state index is -1.79. The Labute approximate surface area is 344 Å². The average Bonchev–Trinajstić information content (AvgIpc) is 3.18. The van der Waals surface area contributed by atoms with Crippen LogP contribution in [-0.4, -0.2) is 159 Å². The fourth-order valence-corrected chi connectivity index (χ4v) is 5.05. The van der Waals surface area contributed by atoms with Crippen LogP contribution in [0.3, 0.4) is 0 Å². The van der Waals surface area contributed by atoms with Crippen LogP contribution < -0.4 is 48.3 Å². The van der Waals surface area contributed by atoms with E-state index in [0.29, 0.717) is 0 Å². The molecule has 0 heterocycles. The van der Waals surface area contributed by atoms with E-state index in [1.54, 1.807) is 30.3 Å². The summed E-state index contributed by atoms with van der Waals surface area (Å²) >= 11 is 0. The molecule has 0 fully saturated rings. The Morgan fingerprint density at radius 1 is 0.583 bits per heavy atom. The number of hydrogen-bond acceptors (Lipinski definition) is 14. The maximum atomic E-state index is 13.5. The van der Waals surface area contributed by atoms with Gasteiger partial charge < -0.3 is 73.8 Å². The number of carbonyl (C=O) groups excluding carboxylic acids is 8. The van der Waals surface area contributed by atoms with Crippen molar-refractivity contribution in [3.8, 4) is 0 Å². The summed E-state index contributed by atoms with van der Waals surface area (Å²) in [4.78, 5) is 124. The molecular formula is C36H55N9O15. The lowest BCUT2D eigenvalue weighted by Gasteiger charge is -2.29. The molecule has 8 amide bonds. The summed E-state index contributed by atoms with van der Waals surface area (Å²) in [6.45, 7) is 2.30. The van der Waals surface area contributed by atoms with Gasteiger partial charge in [-0.3, -0.25) is 43.2 Å². The Kier molecular flexibility index (Phi) is 22.4. The van der Waals surface area contributed by atoms with Crippen LogP contribution in [0.25, 0.3) is 0 Å². The largest absolute Gasteiger partial charge is 0.481 e. The molecule has 0 saturated heterocycles. The van der Waals surface area contributed by atoms with Crippen molar-refractivity contribution in [1.29, 1.82) is 0 Å². The molecule has 1 aromatic rings. The van der Waals surface area contributed by atoms with Crippen molar-refractivity contribution in [3.63, 3.8) is 0 Å². The molecule has 0 aliphatic carbocycles. The number of carboxylic acids is 2. The second kappa shape index (κ2) is 26.0. The number of benzene rings is 1. The molecule has 8 atom stereocenters. The standard InChI is InChI=1S/C36H55N9O15/c1-17(2)28(43-35(58)30(19(4)48)44-31(54)21(37)12-20-8-6-5-7-9-20)33(56)45-29(18(3)47)34(57)42-22(10-11-27(52)53)32(55)40-14-25(50)38-13-24(49)39-15-26(51)41-23(16-46)36(59)60/h5-9,17-19,21-23,28-30,46-48H,10-16,37H2,1-4H3,(H,38,50)(H,39,49)(H,40,55)(H,41,51)(H,42,57)(H,43,58)(H,44,54)(H,45,56)(H,52,53)(H,59,60)/t18-,19-,21+,22+,23+,28+,29+,30+/m1/s1. The van der Waals surface area contributed by atoms with Gasteiger partial charge in [0, 0.05) is 6.42 Å². The number of rotatable bonds is 26. The first-order valence-electron chi connectivity index (χ1n) is 18.6. The summed E-state index contributed by atoms with van der Waals surface area (Å²) in [6, 6.07) is -0.338. The van der Waals surface area contributed by atoms with Crippen LogP contribution in [-0.2, 0) is 54.4 Å². The van der Waals surface area contributed by atoms with Crippen molar-refractivity contribution in [1.82, 2.24) is 42.5 Å². The third kappa shape index (κ3) is 19.0. The molecule has 0 radical (unpaired) electrons. The van der Waals surface area contributed by atoms with Crippen LogP contribution in [0.4, 0.5) is 0 Å². The Balaban J connectivity index is 2.92. The Morgan fingerprint density at radius 2 is 1.05 bits per heavy atom. The second-order valence-corrected chi connectivity index (χ2v) is 13.9. The molecule has 0 aromatic heterocycles. The third-order valence-corrected chi connectivity index (χ3v) is 8.42. The summed E-state index contributed by atoms with van der Waals surface area (Å²) in [5.74, 6) is -11.3. The quantitative estimate of drug-likeness (QED) is 0.0412. The summed E-state index contributed by atoms with van der Waals surface area (Å²) < 4.78 is 0. The third-order valence-electron chi connectivity index (χ3n) is 8.42. The summed E-state index contributed by atoms with van der Waals surface area (Å²) in [5.41, 5.74) is 6.76. The molecule has 0 unspecified atom stereocenters. The van der Waals surface area contributed by atoms with Crippen molar-refractivity contribution in [3.05, 3.63) is 35.9 Å². The van der Waals surface area contributed by atoms with Gasteiger partial charge >= 0.3 is 11.9 Å². The number of aliphatic hydroxyl groups excluding tert-OH is 3. The molecule has 1 aromatic carbocycles. The SMILES string of the molecule is CC(C)[C@H](NC(=O)[C@@H](NC(=O)[C@@H](N)Cc1ccccc1)[C@@H](C)O)C(=O)N[C@H](C(=O)N[C@@H](CCC(=O)O)C(=O)NCC(=O)NCC(=O)NCC(=O)N[C@@H](CO)C(=O)O)[C@@H](C)O. The van der Waals surface area contributed by atoms with Gasteiger partial charge in [0.2, 0.25) is 47.3 Å². The zero-order valence-corrected chi connectivity index (χ0v) is 33.4. The Hall–Kier alpha value is -6.24. The topological polar surface area (TPSA) is 394 Å². The first-order chi connectivity index (χ1) is 28.1. The number of carbonyl (C=O) groups is 10. The number of hydrogen-bond donors (Lipinski definition) is 14. The molecule has 334 valence electrons. The first kappa shape index (κ1) is 51.8. The van der Waals surface area contributed by atoms with E-state index in [1.165, 1.54) is 20.8 Å². The van der Waals surface area contributed by atoms with Gasteiger partial charge in [-0.1, -0.05) is 44.2 Å². The maximum Gasteiger partial charge on any atom is 0.328 e. The monoisotopic (exact) mass is 853 g/mol. The van der Waals surface area contributed by atoms with Crippen molar-refractivity contribution in [2.24, 2.45) is 11.7 Å². The van der Waals surface area contributed by atoms with E-state index in [9.17, 15) is 63.3 Å². The minimum absolute atomic E-state index is 0.119. The number of aliphatic carboxylic acids is 2. The average molecular weight is 854 g/mol. The highest BCUT2D eigenvalue weighted by Gasteiger charge is 2.36. The highest BCUT2D eigenvalue weighted by molar-refractivity contribution is 5.97. The molecule has 24 nitrogen and oxygen atoms in total. The van der Waals surface area contributed by atoms with E-state index in [4.69, 9.17) is 15.9 Å². The van der Waals surface area contributed by atoms with Crippen molar-refractivity contribution >= 4 is 59.2 Å². The molecule has 15 N–H and O–H groups in total. The van der Waals surface area contributed by atoms with Crippen LogP contribution in [0.15, 0.2) is 30.3 Å². The fraction of sp³-hybridized carbons (Fsp3) is 0.556. The molecule has 60 heavy (non-hydrogen) atoms. The molecule has 24 heteroatoms. The number of amides is 8. The number of nitrogens with two attached hydrogens (primary N) is 1. The molecule has 0 aliphatic rings. The highest BCUT2D eigenvalue weighted by Crippen LogP contribution is 2.08. The summed E-state index contributed by atoms with van der Waals surface area (Å²) in [5, 5.41) is 65.4. The highest BCUT2D eigenvalue weighted by atomic mass is 16.4. The smallest absolute Gasteiger partial charge is 0.328 e. The Morgan fingerprint density at radius 3 is 1.53 bits per heavy atom. The van der Waals surface area contributed by atoms with E-state index in [2.05, 4.69) is 37.2 Å². The zero-order chi connectivity index (χ0) is 45.7. The van der Waals surface area contributed by atoms with Gasteiger partial charge in [0.25, 0.3) is 0 Å². The van der Waals surface area contributed by atoms with Gasteiger partial charge in [-0.25, -0.2) is 4.79 Å². The predicted molar refractivity (Wildman–Crippen MR) is 207 cm³/mol. The first-order valence-corrected chi connectivity index (χ1v) is 18.6. The number of aliphatic hydroxyl groups is 3. The summed E-state index contributed by atoms with van der Waals surface area (Å²) in [6.07, 6.45) is -4.15.